The first-order chi connectivity index (χ1) is 16.2. The molecular formula is C27H40F2N2O3. The molecule has 1 aromatic carbocycles. The summed E-state index contributed by atoms with van der Waals surface area (Å²) in [6, 6.07) is 10.9. The molecule has 2 aromatic rings. The average Bonchev–Trinajstić information content (AvgIpc) is 2.80. The molecule has 0 spiro atoms. The fraction of sp³-hybridized carbons (Fsp3) is 0.556. The molecule has 7 heteroatoms. The summed E-state index contributed by atoms with van der Waals surface area (Å²) >= 11 is 0. The highest BCUT2D eigenvalue weighted by Crippen LogP contribution is 2.25. The Balaban J connectivity index is 0.000000629. The van der Waals surface area contributed by atoms with E-state index in [0.717, 1.165) is 48.5 Å². The number of carbonyl (C=O) groups is 1. The van der Waals surface area contributed by atoms with Crippen LogP contribution in [0.15, 0.2) is 42.6 Å². The molecular weight excluding hydrogens is 438 g/mol. The van der Waals surface area contributed by atoms with Gasteiger partial charge in [0.2, 0.25) is 6.43 Å². The van der Waals surface area contributed by atoms with E-state index in [-0.39, 0.29) is 12.3 Å². The van der Waals surface area contributed by atoms with Crippen LogP contribution < -0.4 is 0 Å². The summed E-state index contributed by atoms with van der Waals surface area (Å²) in [4.78, 5) is 17.7. The molecule has 0 radical (unpaired) electrons. The standard InChI is InChI=1S/C20H22F2N2O2.C4H10.C3H8O/c21-19(22)10-14-4-1-2-6-18(14)15-7-8-17(23-11-15)13-24-9-3-5-16(12-24)20(25)26;1-4(2)3;1-2-3-4/h1-2,4,6-8,11,16,19H,3,5,9-10,12-13H2,(H,25,26);4H,1-3H3;4H,2-3H2,1H3. The highest BCUT2D eigenvalue weighted by Gasteiger charge is 2.25. The zero-order valence-corrected chi connectivity index (χ0v) is 20.9. The zero-order chi connectivity index (χ0) is 25.5. The largest absolute Gasteiger partial charge is 0.481 e. The second-order valence-electron chi connectivity index (χ2n) is 9.16. The summed E-state index contributed by atoms with van der Waals surface area (Å²) in [5, 5.41) is 17.1. The molecule has 5 nitrogen and oxygen atoms in total. The third-order valence-electron chi connectivity index (χ3n) is 4.99. The number of hydrogen-bond donors (Lipinski definition) is 2. The summed E-state index contributed by atoms with van der Waals surface area (Å²) in [5.41, 5.74) is 3.05. The molecule has 1 aromatic heterocycles. The van der Waals surface area contributed by atoms with Crippen LogP contribution in [0.2, 0.25) is 0 Å². The number of piperidine rings is 1. The fourth-order valence-electron chi connectivity index (χ4n) is 3.45. The number of benzene rings is 1. The first-order valence-corrected chi connectivity index (χ1v) is 12.0. The van der Waals surface area contributed by atoms with Gasteiger partial charge >= 0.3 is 5.97 Å². The zero-order valence-electron chi connectivity index (χ0n) is 20.9. The average molecular weight is 479 g/mol. The first kappa shape index (κ1) is 29.7. The van der Waals surface area contributed by atoms with Crippen LogP contribution in [-0.4, -0.2) is 52.2 Å². The van der Waals surface area contributed by atoms with Crippen molar-refractivity contribution in [3.8, 4) is 11.1 Å². The van der Waals surface area contributed by atoms with Crippen LogP contribution in [0.1, 0.15) is 58.2 Å². The van der Waals surface area contributed by atoms with Crippen molar-refractivity contribution >= 4 is 5.97 Å². The van der Waals surface area contributed by atoms with Crippen LogP contribution in [0.5, 0.6) is 0 Å². The van der Waals surface area contributed by atoms with Gasteiger partial charge in [-0.3, -0.25) is 14.7 Å². The molecule has 1 atom stereocenters. The second kappa shape index (κ2) is 16.3. The quantitative estimate of drug-likeness (QED) is 0.518. The number of aliphatic carboxylic acids is 1. The van der Waals surface area contributed by atoms with E-state index in [2.05, 4.69) is 30.7 Å². The molecule has 1 aliphatic heterocycles. The van der Waals surface area contributed by atoms with Crippen molar-refractivity contribution in [1.29, 1.82) is 0 Å². The topological polar surface area (TPSA) is 73.7 Å². The molecule has 1 unspecified atom stereocenters. The van der Waals surface area contributed by atoms with Crippen LogP contribution in [0.4, 0.5) is 8.78 Å². The normalized spacial score (nSPS) is 15.9. The van der Waals surface area contributed by atoms with Crippen LogP contribution in [0.25, 0.3) is 11.1 Å². The number of aromatic nitrogens is 1. The highest BCUT2D eigenvalue weighted by atomic mass is 19.3. The molecule has 190 valence electrons. The maximum atomic E-state index is 12.8. The van der Waals surface area contributed by atoms with Crippen LogP contribution in [0, 0.1) is 11.8 Å². The van der Waals surface area contributed by atoms with Crippen molar-refractivity contribution in [2.24, 2.45) is 11.8 Å². The van der Waals surface area contributed by atoms with Gasteiger partial charge < -0.3 is 10.2 Å². The number of aliphatic hydroxyl groups excluding tert-OH is 1. The van der Waals surface area contributed by atoms with Gasteiger partial charge in [0.1, 0.15) is 0 Å². The molecule has 0 bridgehead atoms. The van der Waals surface area contributed by atoms with E-state index in [1.807, 2.05) is 31.2 Å². The summed E-state index contributed by atoms with van der Waals surface area (Å²) in [5.74, 6) is -0.224. The molecule has 3 rings (SSSR count). The van der Waals surface area contributed by atoms with Crippen molar-refractivity contribution < 1.29 is 23.8 Å². The number of likely N-dealkylation sites (tertiary alicyclic amines) is 1. The Kier molecular flexibility index (Phi) is 14.2. The lowest BCUT2D eigenvalue weighted by atomic mass is 9.97. The summed E-state index contributed by atoms with van der Waals surface area (Å²) in [7, 11) is 0. The Bertz CT molecular complexity index is 824. The molecule has 0 aliphatic carbocycles. The van der Waals surface area contributed by atoms with Crippen molar-refractivity contribution in [1.82, 2.24) is 9.88 Å². The Morgan fingerprint density at radius 2 is 1.82 bits per heavy atom. The molecule has 0 amide bonds. The number of halogens is 2. The fourth-order valence-corrected chi connectivity index (χ4v) is 3.45. The van der Waals surface area contributed by atoms with Crippen LogP contribution >= 0.6 is 0 Å². The van der Waals surface area contributed by atoms with E-state index >= 15 is 0 Å². The summed E-state index contributed by atoms with van der Waals surface area (Å²) in [6.45, 7) is 10.8. The number of alkyl halides is 2. The van der Waals surface area contributed by atoms with Gasteiger partial charge in [-0.25, -0.2) is 8.78 Å². The monoisotopic (exact) mass is 478 g/mol. The van der Waals surface area contributed by atoms with E-state index in [9.17, 15) is 18.7 Å². The van der Waals surface area contributed by atoms with Crippen molar-refractivity contribution in [2.75, 3.05) is 19.7 Å². The first-order valence-electron chi connectivity index (χ1n) is 12.0. The van der Waals surface area contributed by atoms with E-state index in [1.54, 1.807) is 18.3 Å². The van der Waals surface area contributed by atoms with Crippen LogP contribution in [-0.2, 0) is 17.8 Å². The van der Waals surface area contributed by atoms with Crippen molar-refractivity contribution in [3.05, 3.63) is 53.9 Å². The lowest BCUT2D eigenvalue weighted by Gasteiger charge is -2.30. The van der Waals surface area contributed by atoms with Gasteiger partial charge in [0.15, 0.2) is 0 Å². The maximum Gasteiger partial charge on any atom is 0.307 e. The molecule has 0 saturated carbocycles. The van der Waals surface area contributed by atoms with Gasteiger partial charge in [-0.1, -0.05) is 58.0 Å². The van der Waals surface area contributed by atoms with Gasteiger partial charge in [0.25, 0.3) is 0 Å². The predicted octanol–water partition coefficient (Wildman–Crippen LogP) is 5.90. The molecule has 1 aliphatic rings. The number of aliphatic hydroxyl groups is 1. The second-order valence-corrected chi connectivity index (χ2v) is 9.16. The number of hydrogen-bond acceptors (Lipinski definition) is 4. The minimum atomic E-state index is -2.38. The minimum absolute atomic E-state index is 0.276. The molecule has 1 fully saturated rings. The molecule has 34 heavy (non-hydrogen) atoms. The number of pyridine rings is 1. The third kappa shape index (κ3) is 11.7. The number of carboxylic acids is 1. The smallest absolute Gasteiger partial charge is 0.307 e. The number of carboxylic acid groups (broad SMARTS) is 1. The van der Waals surface area contributed by atoms with Gasteiger partial charge in [-0.05, 0) is 48.9 Å². The van der Waals surface area contributed by atoms with E-state index in [0.29, 0.717) is 25.3 Å². The minimum Gasteiger partial charge on any atom is -0.481 e. The summed E-state index contributed by atoms with van der Waals surface area (Å²) in [6.07, 6.45) is 1.51. The van der Waals surface area contributed by atoms with E-state index < -0.39 is 12.4 Å². The van der Waals surface area contributed by atoms with E-state index in [1.165, 1.54) is 0 Å². The van der Waals surface area contributed by atoms with Crippen molar-refractivity contribution in [3.63, 3.8) is 0 Å². The third-order valence-corrected chi connectivity index (χ3v) is 4.99. The Morgan fingerprint density at radius 1 is 1.18 bits per heavy atom. The molecule has 2 N–H and O–H groups in total. The maximum absolute atomic E-state index is 12.8. The SMILES string of the molecule is CC(C)C.CCCO.O=C(O)C1CCCN(Cc2ccc(-c3ccccc3CC(F)F)cn2)C1. The predicted molar refractivity (Wildman–Crippen MR) is 133 cm³/mol. The van der Waals surface area contributed by atoms with Gasteiger partial charge in [0.05, 0.1) is 11.6 Å². The van der Waals surface area contributed by atoms with E-state index in [4.69, 9.17) is 5.11 Å². The lowest BCUT2D eigenvalue weighted by molar-refractivity contribution is -0.143. The lowest BCUT2D eigenvalue weighted by Crippen LogP contribution is -2.38. The van der Waals surface area contributed by atoms with Crippen LogP contribution in [0.3, 0.4) is 0 Å². The Hall–Kier alpha value is -2.38. The van der Waals surface area contributed by atoms with Gasteiger partial charge in [-0.15, -0.1) is 0 Å². The van der Waals surface area contributed by atoms with Crippen molar-refractivity contribution in [2.45, 2.75) is 66.3 Å². The number of nitrogens with zero attached hydrogens (tertiary/aromatic N) is 2. The van der Waals surface area contributed by atoms with Gasteiger partial charge in [0, 0.05) is 37.9 Å². The molecule has 2 heterocycles. The Morgan fingerprint density at radius 3 is 2.35 bits per heavy atom. The Labute approximate surface area is 202 Å². The van der Waals surface area contributed by atoms with Gasteiger partial charge in [-0.2, -0.15) is 0 Å². The number of rotatable bonds is 7. The molecule has 1 saturated heterocycles. The highest BCUT2D eigenvalue weighted by molar-refractivity contribution is 5.70. The summed E-state index contributed by atoms with van der Waals surface area (Å²) < 4.78 is 25.5.